The molecule has 1 rings (SSSR count). The van der Waals surface area contributed by atoms with Crippen molar-refractivity contribution >= 4 is 12.3 Å². The van der Waals surface area contributed by atoms with Crippen molar-refractivity contribution in [1.82, 2.24) is 10.2 Å². The number of primary amides is 1. The van der Waals surface area contributed by atoms with Crippen molar-refractivity contribution < 1.29 is 14.7 Å². The van der Waals surface area contributed by atoms with E-state index in [0.29, 0.717) is 13.0 Å². The van der Waals surface area contributed by atoms with Crippen LogP contribution in [0.1, 0.15) is 47.5 Å². The van der Waals surface area contributed by atoms with Crippen LogP contribution in [-0.4, -0.2) is 55.6 Å². The van der Waals surface area contributed by atoms with Gasteiger partial charge in [-0.15, -0.1) is 0 Å². The minimum Gasteiger partial charge on any atom is -0.391 e. The number of nitrogens with two attached hydrogens (primary N) is 1. The summed E-state index contributed by atoms with van der Waals surface area (Å²) in [5, 5.41) is 12.0. The first-order chi connectivity index (χ1) is 9.71. The SMILES string of the molecule is CC.CC(C)(C)CC(=O)N1CCC(O)C1.CNC.NC=O. The third-order valence-corrected chi connectivity index (χ3v) is 2.20. The number of aliphatic hydroxyl groups excluding tert-OH is 1. The van der Waals surface area contributed by atoms with E-state index in [2.05, 4.69) is 31.8 Å². The number of hydrogen-bond acceptors (Lipinski definition) is 4. The highest BCUT2D eigenvalue weighted by atomic mass is 16.3. The van der Waals surface area contributed by atoms with Crippen LogP contribution in [0.2, 0.25) is 0 Å². The number of nitrogens with zero attached hydrogens (tertiary/aromatic N) is 1. The smallest absolute Gasteiger partial charge is 0.223 e. The van der Waals surface area contributed by atoms with Gasteiger partial charge in [-0.2, -0.15) is 0 Å². The lowest BCUT2D eigenvalue weighted by atomic mass is 9.92. The second-order valence-corrected chi connectivity index (χ2v) is 5.66. The number of carbonyl (C=O) groups excluding carboxylic acids is 2. The van der Waals surface area contributed by atoms with Crippen LogP contribution in [0.5, 0.6) is 0 Å². The highest BCUT2D eigenvalue weighted by Crippen LogP contribution is 2.21. The molecule has 1 unspecified atom stereocenters. The largest absolute Gasteiger partial charge is 0.391 e. The monoisotopic (exact) mass is 305 g/mol. The van der Waals surface area contributed by atoms with Crippen LogP contribution in [0.4, 0.5) is 0 Å². The Morgan fingerprint density at radius 2 is 1.76 bits per heavy atom. The van der Waals surface area contributed by atoms with E-state index in [1.54, 1.807) is 4.90 Å². The summed E-state index contributed by atoms with van der Waals surface area (Å²) in [6, 6.07) is 0. The molecule has 1 aliphatic rings. The summed E-state index contributed by atoms with van der Waals surface area (Å²) >= 11 is 0. The molecule has 1 fully saturated rings. The van der Waals surface area contributed by atoms with Crippen LogP contribution in [0, 0.1) is 5.41 Å². The maximum Gasteiger partial charge on any atom is 0.223 e. The fraction of sp³-hybridized carbons (Fsp3) is 0.867. The zero-order valence-corrected chi connectivity index (χ0v) is 14.8. The molecule has 128 valence electrons. The third-order valence-electron chi connectivity index (χ3n) is 2.20. The molecule has 0 aromatic heterocycles. The molecule has 1 aliphatic heterocycles. The van der Waals surface area contributed by atoms with E-state index in [0.717, 1.165) is 13.0 Å². The van der Waals surface area contributed by atoms with Gasteiger partial charge in [0.1, 0.15) is 0 Å². The molecule has 4 N–H and O–H groups in total. The normalized spacial score (nSPS) is 16.4. The fourth-order valence-corrected chi connectivity index (χ4v) is 1.53. The predicted octanol–water partition coefficient (Wildman–Crippen LogP) is 0.979. The van der Waals surface area contributed by atoms with Crippen LogP contribution in [0.3, 0.4) is 0 Å². The van der Waals surface area contributed by atoms with E-state index < -0.39 is 0 Å². The Hall–Kier alpha value is -1.14. The molecule has 0 bridgehead atoms. The summed E-state index contributed by atoms with van der Waals surface area (Å²) in [7, 11) is 3.75. The lowest BCUT2D eigenvalue weighted by Crippen LogP contribution is -2.32. The van der Waals surface area contributed by atoms with Crippen LogP contribution in [-0.2, 0) is 9.59 Å². The average molecular weight is 305 g/mol. The van der Waals surface area contributed by atoms with Gasteiger partial charge < -0.3 is 21.1 Å². The number of amides is 2. The number of carbonyl (C=O) groups is 2. The Kier molecular flexibility index (Phi) is 18.0. The minimum absolute atomic E-state index is 0.0463. The molecule has 0 aromatic rings. The van der Waals surface area contributed by atoms with Gasteiger partial charge in [0.2, 0.25) is 12.3 Å². The van der Waals surface area contributed by atoms with Crippen molar-refractivity contribution in [2.24, 2.45) is 11.1 Å². The Morgan fingerprint density at radius 1 is 1.38 bits per heavy atom. The van der Waals surface area contributed by atoms with Crippen molar-refractivity contribution in [1.29, 1.82) is 0 Å². The van der Waals surface area contributed by atoms with Crippen LogP contribution < -0.4 is 11.1 Å². The average Bonchev–Trinajstić information content (AvgIpc) is 2.78. The topological polar surface area (TPSA) is 95.7 Å². The van der Waals surface area contributed by atoms with Crippen molar-refractivity contribution in [3.05, 3.63) is 0 Å². The number of aliphatic hydroxyl groups is 1. The zero-order valence-electron chi connectivity index (χ0n) is 14.8. The van der Waals surface area contributed by atoms with Crippen LogP contribution in [0.15, 0.2) is 0 Å². The van der Waals surface area contributed by atoms with Gasteiger partial charge in [-0.1, -0.05) is 34.6 Å². The Labute approximate surface area is 130 Å². The Bertz CT molecular complexity index is 253. The molecular weight excluding hydrogens is 270 g/mol. The maximum atomic E-state index is 11.6. The first kappa shape index (κ1) is 24.9. The van der Waals surface area contributed by atoms with E-state index in [1.807, 2.05) is 27.9 Å². The van der Waals surface area contributed by atoms with E-state index in [-0.39, 0.29) is 23.8 Å². The molecule has 0 aromatic carbocycles. The van der Waals surface area contributed by atoms with Crippen molar-refractivity contribution in [2.45, 2.75) is 53.6 Å². The molecule has 0 saturated carbocycles. The van der Waals surface area contributed by atoms with E-state index in [4.69, 9.17) is 4.79 Å². The Morgan fingerprint density at radius 3 is 2.00 bits per heavy atom. The molecular formula is C15H35N3O3. The standard InChI is InChI=1S/C10H19NO2.C2H7N.C2H6.CH3NO/c1-10(2,3)6-9(13)11-5-4-8(12)7-11;1-3-2;1-2;2-1-3/h8,12H,4-7H2,1-3H3;3H,1-2H3;1-2H3;1H,(H2,2,3). The predicted molar refractivity (Wildman–Crippen MR) is 87.9 cm³/mol. The minimum atomic E-state index is -0.302. The summed E-state index contributed by atoms with van der Waals surface area (Å²) in [4.78, 5) is 22.0. The molecule has 0 aliphatic carbocycles. The van der Waals surface area contributed by atoms with Crippen LogP contribution in [0.25, 0.3) is 0 Å². The summed E-state index contributed by atoms with van der Waals surface area (Å²) in [5.41, 5.74) is 4.21. The molecule has 1 saturated heterocycles. The van der Waals surface area contributed by atoms with Gasteiger partial charge in [-0.05, 0) is 25.9 Å². The van der Waals surface area contributed by atoms with Gasteiger partial charge in [0.05, 0.1) is 6.10 Å². The van der Waals surface area contributed by atoms with Gasteiger partial charge in [0.25, 0.3) is 0 Å². The first-order valence-electron chi connectivity index (χ1n) is 7.41. The summed E-state index contributed by atoms with van der Waals surface area (Å²) in [6.45, 7) is 11.4. The highest BCUT2D eigenvalue weighted by molar-refractivity contribution is 5.77. The molecule has 0 radical (unpaired) electrons. The van der Waals surface area contributed by atoms with Gasteiger partial charge in [-0.25, -0.2) is 0 Å². The van der Waals surface area contributed by atoms with Crippen molar-refractivity contribution in [3.63, 3.8) is 0 Å². The second-order valence-electron chi connectivity index (χ2n) is 5.66. The number of β-amino-alcohol motifs (C(OH)–C–C–N with tert-alkyl or cyclic N) is 1. The molecule has 6 heteroatoms. The van der Waals surface area contributed by atoms with E-state index >= 15 is 0 Å². The fourth-order valence-electron chi connectivity index (χ4n) is 1.53. The molecule has 2 amide bonds. The molecule has 0 spiro atoms. The summed E-state index contributed by atoms with van der Waals surface area (Å²) < 4.78 is 0. The maximum absolute atomic E-state index is 11.6. The second kappa shape index (κ2) is 15.3. The lowest BCUT2D eigenvalue weighted by Gasteiger charge is -2.22. The van der Waals surface area contributed by atoms with Gasteiger partial charge >= 0.3 is 0 Å². The van der Waals surface area contributed by atoms with Crippen molar-refractivity contribution in [2.75, 3.05) is 27.2 Å². The van der Waals surface area contributed by atoms with Gasteiger partial charge in [-0.3, -0.25) is 9.59 Å². The Balaban J connectivity index is -0.000000342. The van der Waals surface area contributed by atoms with Gasteiger partial charge in [0.15, 0.2) is 0 Å². The van der Waals surface area contributed by atoms with Crippen molar-refractivity contribution in [3.8, 4) is 0 Å². The third kappa shape index (κ3) is 18.9. The number of hydrogen-bond donors (Lipinski definition) is 3. The lowest BCUT2D eigenvalue weighted by molar-refractivity contribution is -0.132. The molecule has 21 heavy (non-hydrogen) atoms. The van der Waals surface area contributed by atoms with Gasteiger partial charge in [0, 0.05) is 19.5 Å². The molecule has 1 heterocycles. The van der Waals surface area contributed by atoms with E-state index in [9.17, 15) is 9.90 Å². The first-order valence-corrected chi connectivity index (χ1v) is 7.41. The zero-order chi connectivity index (χ0) is 17.5. The summed E-state index contributed by atoms with van der Waals surface area (Å²) in [6.07, 6.45) is 1.25. The number of likely N-dealkylation sites (tertiary alicyclic amines) is 1. The quantitative estimate of drug-likeness (QED) is 0.629. The number of nitrogens with one attached hydrogen (secondary N) is 1. The summed E-state index contributed by atoms with van der Waals surface area (Å²) in [5.74, 6) is 0.170. The van der Waals surface area contributed by atoms with E-state index in [1.165, 1.54) is 0 Å². The molecule has 1 atom stereocenters. The molecule has 6 nitrogen and oxygen atoms in total. The van der Waals surface area contributed by atoms with Crippen LogP contribution >= 0.6 is 0 Å². The number of rotatable bonds is 1. The highest BCUT2D eigenvalue weighted by Gasteiger charge is 2.27.